The molecule has 0 aliphatic heterocycles. The monoisotopic (exact) mass is 250 g/mol. The predicted molar refractivity (Wildman–Crippen MR) is 71.8 cm³/mol. The van der Waals surface area contributed by atoms with Crippen LogP contribution in [0.3, 0.4) is 0 Å². The van der Waals surface area contributed by atoms with Gasteiger partial charge in [-0.05, 0) is 39.7 Å². The Kier molecular flexibility index (Phi) is 4.36. The summed E-state index contributed by atoms with van der Waals surface area (Å²) in [7, 11) is 0. The molecule has 5 nitrogen and oxygen atoms in total. The molecule has 2 N–H and O–H groups in total. The molecule has 100 valence electrons. The topological polar surface area (TPSA) is 64.3 Å². The van der Waals surface area contributed by atoms with Gasteiger partial charge in [0.25, 0.3) is 0 Å². The van der Waals surface area contributed by atoms with Crippen molar-refractivity contribution in [2.45, 2.75) is 45.3 Å². The van der Waals surface area contributed by atoms with Gasteiger partial charge in [0.05, 0.1) is 18.5 Å². The zero-order valence-corrected chi connectivity index (χ0v) is 11.2. The molecule has 1 aromatic heterocycles. The fourth-order valence-electron chi connectivity index (χ4n) is 1.91. The van der Waals surface area contributed by atoms with Gasteiger partial charge >= 0.3 is 0 Å². The van der Waals surface area contributed by atoms with Crippen molar-refractivity contribution in [3.63, 3.8) is 0 Å². The van der Waals surface area contributed by atoms with Gasteiger partial charge in [0, 0.05) is 12.6 Å². The van der Waals surface area contributed by atoms with Gasteiger partial charge in [-0.1, -0.05) is 0 Å². The average Bonchev–Trinajstić information content (AvgIpc) is 3.14. The summed E-state index contributed by atoms with van der Waals surface area (Å²) in [5, 5.41) is 0. The van der Waals surface area contributed by atoms with Crippen LogP contribution < -0.4 is 15.4 Å². The molecule has 0 bridgehead atoms. The van der Waals surface area contributed by atoms with E-state index in [-0.39, 0.29) is 6.10 Å². The quantitative estimate of drug-likeness (QED) is 0.796. The Hall–Kier alpha value is -1.36. The van der Waals surface area contributed by atoms with E-state index < -0.39 is 0 Å². The van der Waals surface area contributed by atoms with E-state index in [2.05, 4.69) is 14.9 Å². The fraction of sp³-hybridized carbons (Fsp3) is 0.692. The lowest BCUT2D eigenvalue weighted by molar-refractivity contribution is 0.231. The minimum Gasteiger partial charge on any atom is -0.474 e. The SMILES string of the molecule is CC(C)Oc1cncc(N(CCCN)C2CC2)n1. The van der Waals surface area contributed by atoms with Crippen LogP contribution in [0, 0.1) is 0 Å². The second-order valence-electron chi connectivity index (χ2n) is 4.95. The molecule has 0 aromatic carbocycles. The molecule has 5 heteroatoms. The van der Waals surface area contributed by atoms with Gasteiger partial charge in [-0.3, -0.25) is 4.98 Å². The second kappa shape index (κ2) is 6.00. The van der Waals surface area contributed by atoms with E-state index in [9.17, 15) is 0 Å². The summed E-state index contributed by atoms with van der Waals surface area (Å²) in [6.45, 7) is 5.63. The van der Waals surface area contributed by atoms with Crippen LogP contribution in [0.25, 0.3) is 0 Å². The first-order valence-electron chi connectivity index (χ1n) is 6.66. The van der Waals surface area contributed by atoms with E-state index in [0.29, 0.717) is 18.5 Å². The number of rotatable bonds is 7. The maximum atomic E-state index is 5.58. The fourth-order valence-corrected chi connectivity index (χ4v) is 1.91. The third-order valence-electron chi connectivity index (χ3n) is 2.84. The first-order chi connectivity index (χ1) is 8.70. The number of nitrogens with two attached hydrogens (primary N) is 1. The van der Waals surface area contributed by atoms with Crippen molar-refractivity contribution in [1.29, 1.82) is 0 Å². The lowest BCUT2D eigenvalue weighted by Gasteiger charge is -2.23. The highest BCUT2D eigenvalue weighted by Crippen LogP contribution is 2.31. The van der Waals surface area contributed by atoms with Gasteiger partial charge in [0.15, 0.2) is 5.82 Å². The van der Waals surface area contributed by atoms with Gasteiger partial charge in [0.1, 0.15) is 0 Å². The first kappa shape index (κ1) is 13.1. The van der Waals surface area contributed by atoms with Crippen molar-refractivity contribution in [2.75, 3.05) is 18.0 Å². The molecule has 1 aliphatic carbocycles. The van der Waals surface area contributed by atoms with E-state index >= 15 is 0 Å². The Morgan fingerprint density at radius 1 is 1.44 bits per heavy atom. The van der Waals surface area contributed by atoms with Crippen molar-refractivity contribution in [3.05, 3.63) is 12.4 Å². The van der Waals surface area contributed by atoms with E-state index in [1.54, 1.807) is 6.20 Å². The molecule has 0 atom stereocenters. The van der Waals surface area contributed by atoms with E-state index in [0.717, 1.165) is 18.8 Å². The molecule has 1 heterocycles. The van der Waals surface area contributed by atoms with Gasteiger partial charge in [-0.25, -0.2) is 0 Å². The number of ether oxygens (including phenoxy) is 1. The summed E-state index contributed by atoms with van der Waals surface area (Å²) >= 11 is 0. The zero-order valence-electron chi connectivity index (χ0n) is 11.2. The van der Waals surface area contributed by atoms with Crippen LogP contribution in [0.1, 0.15) is 33.1 Å². The van der Waals surface area contributed by atoms with Crippen LogP contribution in [0.2, 0.25) is 0 Å². The highest BCUT2D eigenvalue weighted by atomic mass is 16.5. The van der Waals surface area contributed by atoms with E-state index in [1.165, 1.54) is 12.8 Å². The minimum atomic E-state index is 0.118. The molecule has 0 spiro atoms. The lowest BCUT2D eigenvalue weighted by Crippen LogP contribution is -2.29. The second-order valence-corrected chi connectivity index (χ2v) is 4.95. The summed E-state index contributed by atoms with van der Waals surface area (Å²) in [6, 6.07) is 0.611. The largest absolute Gasteiger partial charge is 0.474 e. The highest BCUT2D eigenvalue weighted by Gasteiger charge is 2.29. The summed E-state index contributed by atoms with van der Waals surface area (Å²) < 4.78 is 5.58. The average molecular weight is 250 g/mol. The molecule has 2 rings (SSSR count). The third kappa shape index (κ3) is 3.57. The molecule has 0 radical (unpaired) electrons. The van der Waals surface area contributed by atoms with E-state index in [1.807, 2.05) is 20.0 Å². The molecule has 0 amide bonds. The smallest absolute Gasteiger partial charge is 0.234 e. The van der Waals surface area contributed by atoms with Crippen molar-refractivity contribution in [2.24, 2.45) is 5.73 Å². The normalized spacial score (nSPS) is 14.9. The third-order valence-corrected chi connectivity index (χ3v) is 2.84. The van der Waals surface area contributed by atoms with Crippen molar-refractivity contribution < 1.29 is 4.74 Å². The molecular weight excluding hydrogens is 228 g/mol. The Bertz CT molecular complexity index is 379. The van der Waals surface area contributed by atoms with Gasteiger partial charge in [-0.2, -0.15) is 4.98 Å². The highest BCUT2D eigenvalue weighted by molar-refractivity contribution is 5.40. The molecule has 1 aliphatic rings. The summed E-state index contributed by atoms with van der Waals surface area (Å²) in [5.74, 6) is 1.50. The number of hydrogen-bond donors (Lipinski definition) is 1. The van der Waals surface area contributed by atoms with Crippen LogP contribution in [0.4, 0.5) is 5.82 Å². The minimum absolute atomic E-state index is 0.118. The summed E-state index contributed by atoms with van der Waals surface area (Å²) in [4.78, 5) is 11.0. The molecule has 1 saturated carbocycles. The summed E-state index contributed by atoms with van der Waals surface area (Å²) in [6.07, 6.45) is 7.05. The van der Waals surface area contributed by atoms with Crippen LogP contribution in [0.15, 0.2) is 12.4 Å². The molecule has 18 heavy (non-hydrogen) atoms. The first-order valence-corrected chi connectivity index (χ1v) is 6.66. The maximum absolute atomic E-state index is 5.58. The molecule has 1 fully saturated rings. The van der Waals surface area contributed by atoms with Crippen LogP contribution in [0.5, 0.6) is 5.88 Å². The Morgan fingerprint density at radius 3 is 2.83 bits per heavy atom. The van der Waals surface area contributed by atoms with Crippen molar-refractivity contribution in [1.82, 2.24) is 9.97 Å². The summed E-state index contributed by atoms with van der Waals surface area (Å²) in [5.41, 5.74) is 5.58. The van der Waals surface area contributed by atoms with Crippen molar-refractivity contribution >= 4 is 5.82 Å². The Labute approximate surface area is 108 Å². The Balaban J connectivity index is 2.08. The number of hydrogen-bond acceptors (Lipinski definition) is 5. The number of nitrogens with zero attached hydrogens (tertiary/aromatic N) is 3. The van der Waals surface area contributed by atoms with Gasteiger partial charge in [-0.15, -0.1) is 0 Å². The number of aromatic nitrogens is 2. The van der Waals surface area contributed by atoms with Gasteiger partial charge < -0.3 is 15.4 Å². The predicted octanol–water partition coefficient (Wildman–Crippen LogP) is 1.58. The van der Waals surface area contributed by atoms with Gasteiger partial charge in [0.2, 0.25) is 5.88 Å². The Morgan fingerprint density at radius 2 is 2.22 bits per heavy atom. The maximum Gasteiger partial charge on any atom is 0.234 e. The molecule has 0 saturated heterocycles. The zero-order chi connectivity index (χ0) is 13.0. The van der Waals surface area contributed by atoms with Crippen LogP contribution in [-0.2, 0) is 0 Å². The number of anilines is 1. The standard InChI is InChI=1S/C13H22N4O/c1-10(2)18-13-9-15-8-12(16-13)17(7-3-6-14)11-4-5-11/h8-11H,3-7,14H2,1-2H3. The van der Waals surface area contributed by atoms with E-state index in [4.69, 9.17) is 10.5 Å². The lowest BCUT2D eigenvalue weighted by atomic mass is 10.3. The molecule has 0 unspecified atom stereocenters. The molecular formula is C13H22N4O. The molecule has 1 aromatic rings. The van der Waals surface area contributed by atoms with Crippen LogP contribution in [-0.4, -0.2) is 35.2 Å². The van der Waals surface area contributed by atoms with Crippen molar-refractivity contribution in [3.8, 4) is 5.88 Å². The van der Waals surface area contributed by atoms with Crippen LogP contribution >= 0.6 is 0 Å².